The van der Waals surface area contributed by atoms with E-state index >= 15 is 0 Å². The van der Waals surface area contributed by atoms with Crippen molar-refractivity contribution in [1.29, 1.82) is 0 Å². The standard InChI is InChI=1S/C15H21FN2O/c1-11-9-17-7-3-4-13(17)10-18(11)12-5-6-14(16)15(8-12)19-2/h5-6,8,11,13H,3-4,7,9-10H2,1-2H3. The molecule has 104 valence electrons. The Kier molecular flexibility index (Phi) is 3.35. The Morgan fingerprint density at radius 2 is 2.16 bits per heavy atom. The van der Waals surface area contributed by atoms with Crippen LogP contribution in [0.5, 0.6) is 5.75 Å². The van der Waals surface area contributed by atoms with Gasteiger partial charge in [-0.25, -0.2) is 4.39 Å². The zero-order chi connectivity index (χ0) is 13.4. The van der Waals surface area contributed by atoms with Crippen molar-refractivity contribution in [2.45, 2.75) is 31.8 Å². The highest BCUT2D eigenvalue weighted by Crippen LogP contribution is 2.31. The molecule has 0 amide bonds. The summed E-state index contributed by atoms with van der Waals surface area (Å²) in [7, 11) is 1.51. The molecule has 3 rings (SSSR count). The monoisotopic (exact) mass is 264 g/mol. The zero-order valence-electron chi connectivity index (χ0n) is 11.6. The number of halogens is 1. The summed E-state index contributed by atoms with van der Waals surface area (Å²) in [6.45, 7) is 5.61. The molecule has 2 saturated heterocycles. The number of piperazine rings is 1. The molecule has 2 heterocycles. The first-order chi connectivity index (χ1) is 9.19. The Morgan fingerprint density at radius 1 is 1.32 bits per heavy atom. The van der Waals surface area contributed by atoms with Gasteiger partial charge in [0, 0.05) is 36.9 Å². The molecule has 0 radical (unpaired) electrons. The average Bonchev–Trinajstić information content (AvgIpc) is 2.85. The third kappa shape index (κ3) is 2.29. The molecule has 0 N–H and O–H groups in total. The molecule has 2 aliphatic heterocycles. The number of fused-ring (bicyclic) bond motifs is 1. The molecule has 2 atom stereocenters. The molecule has 0 saturated carbocycles. The summed E-state index contributed by atoms with van der Waals surface area (Å²) in [6, 6.07) is 6.30. The van der Waals surface area contributed by atoms with Gasteiger partial charge in [-0.05, 0) is 38.4 Å². The highest BCUT2D eigenvalue weighted by Gasteiger charge is 2.34. The molecular weight excluding hydrogens is 243 g/mol. The maximum atomic E-state index is 13.5. The lowest BCUT2D eigenvalue weighted by molar-refractivity contribution is 0.203. The predicted octanol–water partition coefficient (Wildman–Crippen LogP) is 2.51. The van der Waals surface area contributed by atoms with Gasteiger partial charge in [0.15, 0.2) is 11.6 Å². The highest BCUT2D eigenvalue weighted by molar-refractivity contribution is 5.52. The Bertz CT molecular complexity index is 465. The van der Waals surface area contributed by atoms with E-state index in [4.69, 9.17) is 4.74 Å². The minimum Gasteiger partial charge on any atom is -0.494 e. The van der Waals surface area contributed by atoms with E-state index < -0.39 is 0 Å². The molecule has 3 nitrogen and oxygen atoms in total. The topological polar surface area (TPSA) is 15.7 Å². The van der Waals surface area contributed by atoms with Gasteiger partial charge in [0.1, 0.15) is 0 Å². The molecule has 2 fully saturated rings. The number of nitrogens with zero attached hydrogens (tertiary/aromatic N) is 2. The maximum absolute atomic E-state index is 13.5. The average molecular weight is 264 g/mol. The molecule has 0 aromatic heterocycles. The summed E-state index contributed by atoms with van der Waals surface area (Å²) in [4.78, 5) is 4.97. The molecule has 1 aromatic rings. The van der Waals surface area contributed by atoms with E-state index in [0.29, 0.717) is 17.8 Å². The van der Waals surface area contributed by atoms with Crippen LogP contribution in [0.3, 0.4) is 0 Å². The van der Waals surface area contributed by atoms with Crippen LogP contribution in [0.4, 0.5) is 10.1 Å². The van der Waals surface area contributed by atoms with Crippen molar-refractivity contribution < 1.29 is 9.13 Å². The van der Waals surface area contributed by atoms with Crippen molar-refractivity contribution in [3.8, 4) is 5.75 Å². The van der Waals surface area contributed by atoms with E-state index in [1.165, 1.54) is 32.6 Å². The van der Waals surface area contributed by atoms with Gasteiger partial charge in [0.05, 0.1) is 7.11 Å². The van der Waals surface area contributed by atoms with Crippen LogP contribution in [-0.2, 0) is 0 Å². The largest absolute Gasteiger partial charge is 0.494 e. The van der Waals surface area contributed by atoms with E-state index in [9.17, 15) is 4.39 Å². The minimum atomic E-state index is -0.293. The number of hydrogen-bond acceptors (Lipinski definition) is 3. The van der Waals surface area contributed by atoms with E-state index in [1.54, 1.807) is 0 Å². The first-order valence-corrected chi connectivity index (χ1v) is 7.03. The summed E-state index contributed by atoms with van der Waals surface area (Å²) in [6.07, 6.45) is 2.58. The Balaban J connectivity index is 1.84. The van der Waals surface area contributed by atoms with Gasteiger partial charge >= 0.3 is 0 Å². The zero-order valence-corrected chi connectivity index (χ0v) is 11.6. The smallest absolute Gasteiger partial charge is 0.165 e. The second kappa shape index (κ2) is 5.00. The minimum absolute atomic E-state index is 0.293. The predicted molar refractivity (Wildman–Crippen MR) is 74.4 cm³/mol. The SMILES string of the molecule is COc1cc(N2CC3CCCN3CC2C)ccc1F. The summed E-state index contributed by atoms with van der Waals surface area (Å²) in [5.41, 5.74) is 1.07. The molecule has 2 unspecified atom stereocenters. The van der Waals surface area contributed by atoms with E-state index in [2.05, 4.69) is 16.7 Å². The number of methoxy groups -OCH3 is 1. The molecule has 0 spiro atoms. The van der Waals surface area contributed by atoms with Crippen molar-refractivity contribution in [3.63, 3.8) is 0 Å². The molecule has 1 aromatic carbocycles. The van der Waals surface area contributed by atoms with E-state index in [0.717, 1.165) is 18.8 Å². The Labute approximate surface area is 114 Å². The van der Waals surface area contributed by atoms with E-state index in [1.807, 2.05) is 12.1 Å². The molecule has 19 heavy (non-hydrogen) atoms. The van der Waals surface area contributed by atoms with Gasteiger partial charge in [0.2, 0.25) is 0 Å². The van der Waals surface area contributed by atoms with Crippen LogP contribution in [0.25, 0.3) is 0 Å². The van der Waals surface area contributed by atoms with Gasteiger partial charge in [0.25, 0.3) is 0 Å². The fraction of sp³-hybridized carbons (Fsp3) is 0.600. The van der Waals surface area contributed by atoms with Crippen LogP contribution >= 0.6 is 0 Å². The van der Waals surface area contributed by atoms with Crippen molar-refractivity contribution >= 4 is 5.69 Å². The fourth-order valence-electron chi connectivity index (χ4n) is 3.37. The normalized spacial score (nSPS) is 27.4. The maximum Gasteiger partial charge on any atom is 0.165 e. The summed E-state index contributed by atoms with van der Waals surface area (Å²) < 4.78 is 18.6. The molecule has 4 heteroatoms. The lowest BCUT2D eigenvalue weighted by Gasteiger charge is -2.43. The first-order valence-electron chi connectivity index (χ1n) is 7.03. The lowest BCUT2D eigenvalue weighted by atomic mass is 10.1. The summed E-state index contributed by atoms with van der Waals surface area (Å²) in [5, 5.41) is 0. The van der Waals surface area contributed by atoms with Gasteiger partial charge in [-0.15, -0.1) is 0 Å². The van der Waals surface area contributed by atoms with Crippen molar-refractivity contribution in [2.24, 2.45) is 0 Å². The van der Waals surface area contributed by atoms with Gasteiger partial charge in [-0.2, -0.15) is 0 Å². The second-order valence-electron chi connectivity index (χ2n) is 5.61. The molecule has 2 aliphatic rings. The fourth-order valence-corrected chi connectivity index (χ4v) is 3.37. The van der Waals surface area contributed by atoms with E-state index in [-0.39, 0.29) is 5.82 Å². The van der Waals surface area contributed by atoms with Gasteiger partial charge in [-0.1, -0.05) is 0 Å². The van der Waals surface area contributed by atoms with Gasteiger partial charge < -0.3 is 9.64 Å². The molecular formula is C15H21FN2O. The van der Waals surface area contributed by atoms with Crippen molar-refractivity contribution in [2.75, 3.05) is 31.6 Å². The van der Waals surface area contributed by atoms with Gasteiger partial charge in [-0.3, -0.25) is 4.90 Å². The Hall–Kier alpha value is -1.29. The van der Waals surface area contributed by atoms with Crippen LogP contribution < -0.4 is 9.64 Å². The number of hydrogen-bond donors (Lipinski definition) is 0. The third-order valence-electron chi connectivity index (χ3n) is 4.40. The lowest BCUT2D eigenvalue weighted by Crippen LogP contribution is -2.55. The number of ether oxygens (including phenoxy) is 1. The number of anilines is 1. The van der Waals surface area contributed by atoms with Crippen LogP contribution in [0, 0.1) is 5.82 Å². The van der Waals surface area contributed by atoms with Crippen LogP contribution in [0.2, 0.25) is 0 Å². The molecule has 0 aliphatic carbocycles. The summed E-state index contributed by atoms with van der Waals surface area (Å²) in [5.74, 6) is 0.0388. The molecule has 0 bridgehead atoms. The van der Waals surface area contributed by atoms with Crippen molar-refractivity contribution in [3.05, 3.63) is 24.0 Å². The van der Waals surface area contributed by atoms with Crippen LogP contribution in [-0.4, -0.2) is 43.7 Å². The number of benzene rings is 1. The number of rotatable bonds is 2. The highest BCUT2D eigenvalue weighted by atomic mass is 19.1. The Morgan fingerprint density at radius 3 is 2.95 bits per heavy atom. The van der Waals surface area contributed by atoms with Crippen LogP contribution in [0.1, 0.15) is 19.8 Å². The van der Waals surface area contributed by atoms with Crippen LogP contribution in [0.15, 0.2) is 18.2 Å². The first kappa shape index (κ1) is 12.7. The van der Waals surface area contributed by atoms with Crippen molar-refractivity contribution in [1.82, 2.24) is 4.90 Å². The third-order valence-corrected chi connectivity index (χ3v) is 4.40. The second-order valence-corrected chi connectivity index (χ2v) is 5.61. The quantitative estimate of drug-likeness (QED) is 0.816. The summed E-state index contributed by atoms with van der Waals surface area (Å²) >= 11 is 0.